The number of methoxy groups -OCH3 is 1. The van der Waals surface area contributed by atoms with E-state index in [1.807, 2.05) is 18.2 Å². The molecule has 0 bridgehead atoms. The Bertz CT molecular complexity index is 380. The lowest BCUT2D eigenvalue weighted by Gasteiger charge is -2.09. The van der Waals surface area contributed by atoms with E-state index >= 15 is 0 Å². The molecule has 4 nitrogen and oxygen atoms in total. The molecule has 1 aromatic rings. The summed E-state index contributed by atoms with van der Waals surface area (Å²) in [7, 11) is 1.61. The minimum atomic E-state index is -0.485. The Morgan fingerprint density at radius 3 is 2.81 bits per heavy atom. The van der Waals surface area contributed by atoms with Gasteiger partial charge in [-0.1, -0.05) is 6.07 Å². The molecular formula is C11H15BrN2O2. The Kier molecular flexibility index (Phi) is 4.76. The molecule has 16 heavy (non-hydrogen) atoms. The van der Waals surface area contributed by atoms with Gasteiger partial charge in [-0.15, -0.1) is 0 Å². The summed E-state index contributed by atoms with van der Waals surface area (Å²) in [4.78, 5) is 11.3. The number of amides is 1. The standard InChI is InChI=1S/C11H15BrN2O2/c1-7(13)11(15)14-6-8-3-4-10(16-2)9(12)5-8/h3-5,7H,6,13H2,1-2H3,(H,14,15)/t7-/m1/s1. The Labute approximate surface area is 103 Å². The second-order valence-corrected chi connectivity index (χ2v) is 4.33. The summed E-state index contributed by atoms with van der Waals surface area (Å²) in [6, 6.07) is 5.16. The number of hydrogen-bond donors (Lipinski definition) is 2. The minimum absolute atomic E-state index is 0.160. The van der Waals surface area contributed by atoms with Crippen molar-refractivity contribution in [3.8, 4) is 5.75 Å². The van der Waals surface area contributed by atoms with E-state index in [0.29, 0.717) is 6.54 Å². The van der Waals surface area contributed by atoms with Crippen LogP contribution in [0.5, 0.6) is 5.75 Å². The van der Waals surface area contributed by atoms with Crippen molar-refractivity contribution in [1.82, 2.24) is 5.32 Å². The van der Waals surface area contributed by atoms with E-state index in [4.69, 9.17) is 10.5 Å². The molecule has 1 amide bonds. The predicted molar refractivity (Wildman–Crippen MR) is 66.2 cm³/mol. The van der Waals surface area contributed by atoms with E-state index in [-0.39, 0.29) is 5.91 Å². The molecule has 5 heteroatoms. The summed E-state index contributed by atoms with van der Waals surface area (Å²) >= 11 is 3.38. The summed E-state index contributed by atoms with van der Waals surface area (Å²) in [6.07, 6.45) is 0. The lowest BCUT2D eigenvalue weighted by Crippen LogP contribution is -2.37. The van der Waals surface area contributed by atoms with Crippen LogP contribution in [-0.2, 0) is 11.3 Å². The van der Waals surface area contributed by atoms with Gasteiger partial charge in [-0.25, -0.2) is 0 Å². The van der Waals surface area contributed by atoms with Crippen molar-refractivity contribution in [3.05, 3.63) is 28.2 Å². The highest BCUT2D eigenvalue weighted by atomic mass is 79.9. The van der Waals surface area contributed by atoms with E-state index in [0.717, 1.165) is 15.8 Å². The molecule has 3 N–H and O–H groups in total. The number of benzene rings is 1. The summed E-state index contributed by atoms with van der Waals surface area (Å²) in [6.45, 7) is 2.11. The van der Waals surface area contributed by atoms with Crippen LogP contribution in [0.25, 0.3) is 0 Å². The molecule has 0 aromatic heterocycles. The van der Waals surface area contributed by atoms with E-state index < -0.39 is 6.04 Å². The van der Waals surface area contributed by atoms with Crippen LogP contribution >= 0.6 is 15.9 Å². The van der Waals surface area contributed by atoms with Gasteiger partial charge in [-0.05, 0) is 40.5 Å². The van der Waals surface area contributed by atoms with Crippen molar-refractivity contribution >= 4 is 21.8 Å². The zero-order valence-corrected chi connectivity index (χ0v) is 10.9. The molecule has 0 aliphatic rings. The second-order valence-electron chi connectivity index (χ2n) is 3.48. The fourth-order valence-electron chi connectivity index (χ4n) is 1.17. The quantitative estimate of drug-likeness (QED) is 0.880. The second kappa shape index (κ2) is 5.86. The molecule has 0 aliphatic carbocycles. The molecule has 0 saturated heterocycles. The van der Waals surface area contributed by atoms with Crippen molar-refractivity contribution in [2.75, 3.05) is 7.11 Å². The monoisotopic (exact) mass is 286 g/mol. The van der Waals surface area contributed by atoms with E-state index in [9.17, 15) is 4.79 Å². The highest BCUT2D eigenvalue weighted by Crippen LogP contribution is 2.25. The zero-order chi connectivity index (χ0) is 12.1. The minimum Gasteiger partial charge on any atom is -0.496 e. The van der Waals surface area contributed by atoms with Gasteiger partial charge in [0, 0.05) is 6.54 Å². The smallest absolute Gasteiger partial charge is 0.236 e. The summed E-state index contributed by atoms with van der Waals surface area (Å²) in [5.41, 5.74) is 6.42. The number of nitrogens with two attached hydrogens (primary N) is 1. The van der Waals surface area contributed by atoms with Crippen LogP contribution in [0, 0.1) is 0 Å². The molecule has 0 radical (unpaired) electrons. The fraction of sp³-hybridized carbons (Fsp3) is 0.364. The summed E-state index contributed by atoms with van der Waals surface area (Å²) in [5.74, 6) is 0.606. The molecule has 88 valence electrons. The van der Waals surface area contributed by atoms with Crippen LogP contribution in [0.3, 0.4) is 0 Å². The van der Waals surface area contributed by atoms with Crippen molar-refractivity contribution in [2.45, 2.75) is 19.5 Å². The van der Waals surface area contributed by atoms with Crippen LogP contribution in [0.4, 0.5) is 0 Å². The molecule has 1 atom stereocenters. The van der Waals surface area contributed by atoms with Gasteiger partial charge in [0.1, 0.15) is 5.75 Å². The van der Waals surface area contributed by atoms with Gasteiger partial charge >= 0.3 is 0 Å². The maximum atomic E-state index is 11.3. The number of halogens is 1. The molecular weight excluding hydrogens is 272 g/mol. The van der Waals surface area contributed by atoms with Gasteiger partial charge in [0.25, 0.3) is 0 Å². The zero-order valence-electron chi connectivity index (χ0n) is 9.29. The van der Waals surface area contributed by atoms with Crippen LogP contribution in [0.1, 0.15) is 12.5 Å². The Morgan fingerprint density at radius 1 is 1.62 bits per heavy atom. The molecule has 0 spiro atoms. The molecule has 0 aliphatic heterocycles. The molecule has 0 saturated carbocycles. The third kappa shape index (κ3) is 3.50. The molecule has 0 fully saturated rings. The number of ether oxygens (including phenoxy) is 1. The molecule has 1 aromatic carbocycles. The van der Waals surface area contributed by atoms with Crippen LogP contribution in [0.2, 0.25) is 0 Å². The van der Waals surface area contributed by atoms with Crippen LogP contribution in [-0.4, -0.2) is 19.1 Å². The van der Waals surface area contributed by atoms with Crippen molar-refractivity contribution < 1.29 is 9.53 Å². The number of carbonyl (C=O) groups is 1. The lowest BCUT2D eigenvalue weighted by atomic mass is 10.2. The maximum Gasteiger partial charge on any atom is 0.236 e. The normalized spacial score (nSPS) is 12.0. The van der Waals surface area contributed by atoms with Crippen molar-refractivity contribution in [2.24, 2.45) is 5.73 Å². The first-order valence-corrected chi connectivity index (χ1v) is 5.69. The van der Waals surface area contributed by atoms with E-state index in [1.165, 1.54) is 0 Å². The molecule has 1 rings (SSSR count). The topological polar surface area (TPSA) is 64.3 Å². The number of carbonyl (C=O) groups excluding carboxylic acids is 1. The molecule has 0 unspecified atom stereocenters. The average Bonchev–Trinajstić information content (AvgIpc) is 2.25. The molecule has 0 heterocycles. The first kappa shape index (κ1) is 13.0. The highest BCUT2D eigenvalue weighted by Gasteiger charge is 2.07. The van der Waals surface area contributed by atoms with Crippen LogP contribution < -0.4 is 15.8 Å². The number of nitrogens with one attached hydrogen (secondary N) is 1. The Morgan fingerprint density at radius 2 is 2.31 bits per heavy atom. The predicted octanol–water partition coefficient (Wildman–Crippen LogP) is 1.42. The first-order valence-electron chi connectivity index (χ1n) is 4.90. The van der Waals surface area contributed by atoms with Gasteiger partial charge in [0.15, 0.2) is 0 Å². The highest BCUT2D eigenvalue weighted by molar-refractivity contribution is 9.10. The Hall–Kier alpha value is -1.07. The third-order valence-corrected chi connectivity index (χ3v) is 2.72. The summed E-state index contributed by atoms with van der Waals surface area (Å²) in [5, 5.41) is 2.74. The number of hydrogen-bond acceptors (Lipinski definition) is 3. The number of rotatable bonds is 4. The Balaban J connectivity index is 2.62. The fourth-order valence-corrected chi connectivity index (χ4v) is 1.76. The van der Waals surface area contributed by atoms with Gasteiger partial charge < -0.3 is 15.8 Å². The van der Waals surface area contributed by atoms with E-state index in [1.54, 1.807) is 14.0 Å². The first-order chi connectivity index (χ1) is 7.54. The summed E-state index contributed by atoms with van der Waals surface area (Å²) < 4.78 is 5.97. The largest absolute Gasteiger partial charge is 0.496 e. The third-order valence-electron chi connectivity index (χ3n) is 2.10. The van der Waals surface area contributed by atoms with Crippen LogP contribution in [0.15, 0.2) is 22.7 Å². The SMILES string of the molecule is COc1ccc(CNC(=O)[C@@H](C)N)cc1Br. The van der Waals surface area contributed by atoms with Crippen molar-refractivity contribution in [1.29, 1.82) is 0 Å². The van der Waals surface area contributed by atoms with Gasteiger partial charge in [0.05, 0.1) is 17.6 Å². The van der Waals surface area contributed by atoms with Crippen molar-refractivity contribution in [3.63, 3.8) is 0 Å². The average molecular weight is 287 g/mol. The van der Waals surface area contributed by atoms with Gasteiger partial charge in [-0.3, -0.25) is 4.79 Å². The maximum absolute atomic E-state index is 11.3. The van der Waals surface area contributed by atoms with Gasteiger partial charge in [-0.2, -0.15) is 0 Å². The lowest BCUT2D eigenvalue weighted by molar-refractivity contribution is -0.122. The van der Waals surface area contributed by atoms with E-state index in [2.05, 4.69) is 21.2 Å². The van der Waals surface area contributed by atoms with Gasteiger partial charge in [0.2, 0.25) is 5.91 Å².